The summed E-state index contributed by atoms with van der Waals surface area (Å²) < 4.78 is 50.1. The molecule has 0 atom stereocenters. The van der Waals surface area contributed by atoms with Gasteiger partial charge in [-0.25, -0.2) is 21.6 Å². The lowest BCUT2D eigenvalue weighted by molar-refractivity contribution is 0.505. The molecule has 116 valence electrons. The summed E-state index contributed by atoms with van der Waals surface area (Å²) in [5.74, 6) is 0.0951. The van der Waals surface area contributed by atoms with Gasteiger partial charge in [-0.15, -0.1) is 0 Å². The number of hydrogen-bond donors (Lipinski definition) is 2. The van der Waals surface area contributed by atoms with Crippen molar-refractivity contribution in [1.82, 2.24) is 4.72 Å². The molecular weight excluding hydrogens is 312 g/mol. The van der Waals surface area contributed by atoms with Crippen molar-refractivity contribution in [3.05, 3.63) is 23.8 Å². The van der Waals surface area contributed by atoms with Crippen LogP contribution in [-0.2, 0) is 26.3 Å². The Morgan fingerprint density at radius 3 is 2.62 bits per heavy atom. The molecule has 1 aromatic rings. The van der Waals surface area contributed by atoms with Gasteiger partial charge < -0.3 is 5.32 Å². The number of anilines is 1. The van der Waals surface area contributed by atoms with Crippen molar-refractivity contribution in [3.8, 4) is 0 Å². The molecule has 0 unspecified atom stereocenters. The van der Waals surface area contributed by atoms with Gasteiger partial charge in [-0.2, -0.15) is 0 Å². The van der Waals surface area contributed by atoms with E-state index < -0.39 is 19.9 Å². The predicted octanol–water partition coefficient (Wildman–Crippen LogP) is 0.510. The second kappa shape index (κ2) is 5.26. The molecule has 1 fully saturated rings. The second-order valence-corrected chi connectivity index (χ2v) is 9.56. The molecule has 8 heteroatoms. The number of rotatable bonds is 3. The van der Waals surface area contributed by atoms with E-state index >= 15 is 0 Å². The lowest BCUT2D eigenvalue weighted by Crippen LogP contribution is -2.40. The van der Waals surface area contributed by atoms with Crippen LogP contribution in [0.25, 0.3) is 0 Å². The predicted molar refractivity (Wildman–Crippen MR) is 80.6 cm³/mol. The van der Waals surface area contributed by atoms with Crippen molar-refractivity contribution in [2.24, 2.45) is 0 Å². The van der Waals surface area contributed by atoms with E-state index in [1.165, 1.54) is 0 Å². The fraction of sp³-hybridized carbons (Fsp3) is 0.538. The van der Waals surface area contributed by atoms with Gasteiger partial charge in [0.2, 0.25) is 10.0 Å². The highest BCUT2D eigenvalue weighted by Gasteiger charge is 2.28. The molecule has 21 heavy (non-hydrogen) atoms. The summed E-state index contributed by atoms with van der Waals surface area (Å²) in [6.07, 6.45) is 1.58. The molecule has 0 spiro atoms. The third-order valence-electron chi connectivity index (χ3n) is 3.98. The monoisotopic (exact) mass is 330 g/mol. The Labute approximate surface area is 124 Å². The molecule has 6 nitrogen and oxygen atoms in total. The third kappa shape index (κ3) is 3.22. The molecule has 2 heterocycles. The van der Waals surface area contributed by atoms with E-state index in [2.05, 4.69) is 10.0 Å². The lowest BCUT2D eigenvalue weighted by Gasteiger charge is -2.23. The van der Waals surface area contributed by atoms with Gasteiger partial charge >= 0.3 is 0 Å². The van der Waals surface area contributed by atoms with Gasteiger partial charge in [0.05, 0.1) is 16.4 Å². The zero-order valence-corrected chi connectivity index (χ0v) is 13.1. The van der Waals surface area contributed by atoms with Crippen molar-refractivity contribution in [3.63, 3.8) is 0 Å². The van der Waals surface area contributed by atoms with Crippen molar-refractivity contribution in [2.45, 2.75) is 30.2 Å². The van der Waals surface area contributed by atoms with Gasteiger partial charge in [0.15, 0.2) is 0 Å². The Morgan fingerprint density at radius 1 is 1.19 bits per heavy atom. The van der Waals surface area contributed by atoms with Gasteiger partial charge in [-0.1, -0.05) is 6.07 Å². The first-order valence-corrected chi connectivity index (χ1v) is 10.3. The van der Waals surface area contributed by atoms with Crippen LogP contribution in [0.15, 0.2) is 23.1 Å². The number of fused-ring (bicyclic) bond motifs is 1. The van der Waals surface area contributed by atoms with E-state index in [9.17, 15) is 16.8 Å². The molecule has 0 radical (unpaired) electrons. The zero-order chi connectivity index (χ0) is 15.1. The van der Waals surface area contributed by atoms with E-state index in [1.807, 2.05) is 6.07 Å². The first-order valence-electron chi connectivity index (χ1n) is 6.95. The second-order valence-electron chi connectivity index (χ2n) is 5.54. The van der Waals surface area contributed by atoms with Gasteiger partial charge in [0.25, 0.3) is 0 Å². The Kier molecular flexibility index (Phi) is 3.71. The minimum atomic E-state index is -3.60. The number of sulfonamides is 1. The summed E-state index contributed by atoms with van der Waals surface area (Å²) in [7, 11) is -6.59. The average molecular weight is 330 g/mol. The molecule has 2 aliphatic heterocycles. The van der Waals surface area contributed by atoms with E-state index in [0.29, 0.717) is 12.8 Å². The van der Waals surface area contributed by atoms with E-state index in [0.717, 1.165) is 24.2 Å². The molecule has 2 N–H and O–H groups in total. The highest BCUT2D eigenvalue weighted by Crippen LogP contribution is 2.26. The normalized spacial score (nSPS) is 21.7. The van der Waals surface area contributed by atoms with Crippen LogP contribution >= 0.6 is 0 Å². The van der Waals surface area contributed by atoms with Crippen LogP contribution in [-0.4, -0.2) is 40.9 Å². The Balaban J connectivity index is 1.75. The Hall–Kier alpha value is -1.12. The van der Waals surface area contributed by atoms with Crippen molar-refractivity contribution < 1.29 is 16.8 Å². The minimum absolute atomic E-state index is 0.0475. The Bertz CT molecular complexity index is 742. The van der Waals surface area contributed by atoms with Crippen LogP contribution in [0.2, 0.25) is 0 Å². The van der Waals surface area contributed by atoms with Crippen molar-refractivity contribution >= 4 is 25.5 Å². The van der Waals surface area contributed by atoms with Crippen LogP contribution in [0.5, 0.6) is 0 Å². The molecule has 3 rings (SSSR count). The molecule has 0 saturated carbocycles. The van der Waals surface area contributed by atoms with Crippen LogP contribution in [0.1, 0.15) is 18.4 Å². The maximum atomic E-state index is 12.4. The summed E-state index contributed by atoms with van der Waals surface area (Å²) >= 11 is 0. The molecule has 1 aromatic carbocycles. The molecule has 0 amide bonds. The first-order chi connectivity index (χ1) is 9.86. The van der Waals surface area contributed by atoms with Gasteiger partial charge in [0.1, 0.15) is 9.84 Å². The summed E-state index contributed by atoms with van der Waals surface area (Å²) in [4.78, 5) is 0.226. The van der Waals surface area contributed by atoms with E-state index in [4.69, 9.17) is 0 Å². The molecule has 2 aliphatic rings. The lowest BCUT2D eigenvalue weighted by atomic mass is 10.2. The quantitative estimate of drug-likeness (QED) is 0.842. The highest BCUT2D eigenvalue weighted by molar-refractivity contribution is 7.91. The van der Waals surface area contributed by atoms with Crippen LogP contribution in [0, 0.1) is 0 Å². The smallest absolute Gasteiger partial charge is 0.240 e. The Morgan fingerprint density at radius 2 is 1.90 bits per heavy atom. The summed E-state index contributed by atoms with van der Waals surface area (Å²) in [6.45, 7) is 0.826. The summed E-state index contributed by atoms with van der Waals surface area (Å²) in [6, 6.07) is 4.77. The maximum Gasteiger partial charge on any atom is 0.240 e. The topological polar surface area (TPSA) is 92.3 Å². The van der Waals surface area contributed by atoms with Crippen LogP contribution in [0.4, 0.5) is 5.69 Å². The zero-order valence-electron chi connectivity index (χ0n) is 11.5. The highest BCUT2D eigenvalue weighted by atomic mass is 32.2. The third-order valence-corrected chi connectivity index (χ3v) is 7.21. The molecule has 0 aliphatic carbocycles. The molecule has 1 saturated heterocycles. The van der Waals surface area contributed by atoms with Gasteiger partial charge in [0, 0.05) is 18.3 Å². The van der Waals surface area contributed by atoms with Crippen LogP contribution < -0.4 is 10.0 Å². The number of sulfone groups is 1. The molecular formula is C13H18N2O4S2. The van der Waals surface area contributed by atoms with Crippen LogP contribution in [0.3, 0.4) is 0 Å². The average Bonchev–Trinajstić information content (AvgIpc) is 2.88. The van der Waals surface area contributed by atoms with Crippen molar-refractivity contribution in [1.29, 1.82) is 0 Å². The number of nitrogens with one attached hydrogen (secondary N) is 2. The molecule has 0 aromatic heterocycles. The van der Waals surface area contributed by atoms with E-state index in [1.54, 1.807) is 12.1 Å². The maximum absolute atomic E-state index is 12.4. The largest absolute Gasteiger partial charge is 0.384 e. The fourth-order valence-corrected chi connectivity index (χ4v) is 5.55. The standard InChI is InChI=1S/C13H18N2O4S2/c16-20(17)7-4-11(5-8-20)15-21(18,19)12-2-1-10-3-6-14-13(10)9-12/h1-2,9,11,14-15H,3-8H2. The number of hydrogen-bond acceptors (Lipinski definition) is 5. The minimum Gasteiger partial charge on any atom is -0.384 e. The molecule has 0 bridgehead atoms. The van der Waals surface area contributed by atoms with E-state index in [-0.39, 0.29) is 22.4 Å². The van der Waals surface area contributed by atoms with Gasteiger partial charge in [-0.05, 0) is 37.0 Å². The summed E-state index contributed by atoms with van der Waals surface area (Å²) in [5.41, 5.74) is 1.99. The number of benzene rings is 1. The SMILES string of the molecule is O=S1(=O)CCC(NS(=O)(=O)c2ccc3c(c2)NCC3)CC1. The summed E-state index contributed by atoms with van der Waals surface area (Å²) in [5, 5.41) is 3.16. The first kappa shape index (κ1) is 14.8. The van der Waals surface area contributed by atoms with Gasteiger partial charge in [-0.3, -0.25) is 0 Å². The van der Waals surface area contributed by atoms with Crippen molar-refractivity contribution in [2.75, 3.05) is 23.4 Å². The fourth-order valence-electron chi connectivity index (χ4n) is 2.73.